The van der Waals surface area contributed by atoms with Crippen LogP contribution in [0, 0.1) is 0 Å². The molecule has 1 spiro atoms. The molecule has 1 aliphatic carbocycles. The van der Waals surface area contributed by atoms with E-state index in [9.17, 15) is 4.79 Å². The molecule has 0 aromatic heterocycles. The smallest absolute Gasteiger partial charge is 0.320 e. The quantitative estimate of drug-likeness (QED) is 0.734. The predicted octanol–water partition coefficient (Wildman–Crippen LogP) is 2.36. The molecule has 1 saturated heterocycles. The summed E-state index contributed by atoms with van der Waals surface area (Å²) in [6.07, 6.45) is 8.39. The molecule has 2 rings (SSSR count). The van der Waals surface area contributed by atoms with Crippen molar-refractivity contribution in [1.82, 2.24) is 4.90 Å². The van der Waals surface area contributed by atoms with Gasteiger partial charge in [0.1, 0.15) is 0 Å². The summed E-state index contributed by atoms with van der Waals surface area (Å²) < 4.78 is 11.1. The van der Waals surface area contributed by atoms with Crippen molar-refractivity contribution in [2.75, 3.05) is 26.8 Å². The van der Waals surface area contributed by atoms with Crippen molar-refractivity contribution in [1.29, 1.82) is 0 Å². The molecule has 2 fully saturated rings. The van der Waals surface area contributed by atoms with Gasteiger partial charge >= 0.3 is 5.97 Å². The van der Waals surface area contributed by atoms with Gasteiger partial charge in [-0.3, -0.25) is 9.69 Å². The standard InChI is InChI=1S/C15H27NO3/c1-3-18-14(17)12-16(2)13-7-10-19-15(11-13)8-5-4-6-9-15/h13H,3-12H2,1-2H3. The van der Waals surface area contributed by atoms with Gasteiger partial charge in [-0.2, -0.15) is 0 Å². The van der Waals surface area contributed by atoms with Gasteiger partial charge in [0.05, 0.1) is 18.8 Å². The fraction of sp³-hybridized carbons (Fsp3) is 0.933. The molecule has 0 bridgehead atoms. The van der Waals surface area contributed by atoms with Gasteiger partial charge in [-0.15, -0.1) is 0 Å². The van der Waals surface area contributed by atoms with Crippen LogP contribution in [0.4, 0.5) is 0 Å². The maximum Gasteiger partial charge on any atom is 0.320 e. The third-order valence-corrected chi connectivity index (χ3v) is 4.54. The van der Waals surface area contributed by atoms with Crippen LogP contribution in [0.15, 0.2) is 0 Å². The molecule has 19 heavy (non-hydrogen) atoms. The van der Waals surface area contributed by atoms with Crippen molar-refractivity contribution in [3.8, 4) is 0 Å². The molecule has 1 aliphatic heterocycles. The minimum atomic E-state index is -0.116. The van der Waals surface area contributed by atoms with Crippen molar-refractivity contribution in [3.63, 3.8) is 0 Å². The summed E-state index contributed by atoms with van der Waals surface area (Å²) in [7, 11) is 2.03. The molecule has 0 aromatic rings. The van der Waals surface area contributed by atoms with E-state index in [-0.39, 0.29) is 11.6 Å². The molecular weight excluding hydrogens is 242 g/mol. The zero-order chi connectivity index (χ0) is 13.7. The van der Waals surface area contributed by atoms with E-state index in [1.807, 2.05) is 14.0 Å². The Bertz CT molecular complexity index is 294. The summed E-state index contributed by atoms with van der Waals surface area (Å²) in [6.45, 7) is 3.54. The monoisotopic (exact) mass is 269 g/mol. The van der Waals surface area contributed by atoms with E-state index in [2.05, 4.69) is 4.90 Å². The first kappa shape index (κ1) is 14.8. The fourth-order valence-electron chi connectivity index (χ4n) is 3.46. The van der Waals surface area contributed by atoms with Crippen LogP contribution < -0.4 is 0 Å². The van der Waals surface area contributed by atoms with Crippen molar-refractivity contribution >= 4 is 5.97 Å². The SMILES string of the molecule is CCOC(=O)CN(C)C1CCOC2(CCCCC2)C1. The Labute approximate surface area is 116 Å². The van der Waals surface area contributed by atoms with E-state index in [1.54, 1.807) is 0 Å². The van der Waals surface area contributed by atoms with Gasteiger partial charge in [-0.25, -0.2) is 0 Å². The summed E-state index contributed by atoms with van der Waals surface area (Å²) in [5, 5.41) is 0. The van der Waals surface area contributed by atoms with Gasteiger partial charge in [0.15, 0.2) is 0 Å². The Morgan fingerprint density at radius 1 is 1.37 bits per heavy atom. The number of rotatable bonds is 4. The number of nitrogens with zero attached hydrogens (tertiary/aromatic N) is 1. The van der Waals surface area contributed by atoms with Crippen molar-refractivity contribution < 1.29 is 14.3 Å². The average molecular weight is 269 g/mol. The molecule has 1 unspecified atom stereocenters. The summed E-state index contributed by atoms with van der Waals surface area (Å²) in [4.78, 5) is 13.7. The number of likely N-dealkylation sites (N-methyl/N-ethyl adjacent to an activating group) is 1. The number of esters is 1. The Balaban J connectivity index is 1.87. The van der Waals surface area contributed by atoms with Crippen molar-refractivity contribution in [3.05, 3.63) is 0 Å². The van der Waals surface area contributed by atoms with Gasteiger partial charge < -0.3 is 9.47 Å². The second-order valence-corrected chi connectivity index (χ2v) is 5.96. The van der Waals surface area contributed by atoms with Crippen LogP contribution in [0.1, 0.15) is 51.9 Å². The molecular formula is C15H27NO3. The average Bonchev–Trinajstić information content (AvgIpc) is 2.40. The summed E-state index contributed by atoms with van der Waals surface area (Å²) in [5.41, 5.74) is 0.101. The highest BCUT2D eigenvalue weighted by Crippen LogP contribution is 2.39. The largest absolute Gasteiger partial charge is 0.465 e. The molecule has 1 heterocycles. The minimum absolute atomic E-state index is 0.101. The maximum atomic E-state index is 11.6. The van der Waals surface area contributed by atoms with Crippen LogP contribution in [-0.2, 0) is 14.3 Å². The van der Waals surface area contributed by atoms with Gasteiger partial charge in [0.25, 0.3) is 0 Å². The summed E-state index contributed by atoms with van der Waals surface area (Å²) >= 11 is 0. The molecule has 4 heteroatoms. The van der Waals surface area contributed by atoms with Gasteiger partial charge in [0.2, 0.25) is 0 Å². The maximum absolute atomic E-state index is 11.6. The molecule has 1 atom stereocenters. The van der Waals surface area contributed by atoms with Gasteiger partial charge in [-0.05, 0) is 39.7 Å². The highest BCUT2D eigenvalue weighted by Gasteiger charge is 2.39. The van der Waals surface area contributed by atoms with E-state index >= 15 is 0 Å². The van der Waals surface area contributed by atoms with Crippen LogP contribution in [0.25, 0.3) is 0 Å². The lowest BCUT2D eigenvalue weighted by atomic mass is 9.78. The lowest BCUT2D eigenvalue weighted by Gasteiger charge is -2.45. The van der Waals surface area contributed by atoms with Gasteiger partial charge in [0, 0.05) is 12.6 Å². The Morgan fingerprint density at radius 2 is 2.11 bits per heavy atom. The second kappa shape index (κ2) is 6.71. The van der Waals surface area contributed by atoms with Crippen LogP contribution >= 0.6 is 0 Å². The lowest BCUT2D eigenvalue weighted by Crippen LogP contribution is -2.49. The fourth-order valence-corrected chi connectivity index (χ4v) is 3.46. The number of ether oxygens (including phenoxy) is 2. The Hall–Kier alpha value is -0.610. The molecule has 4 nitrogen and oxygen atoms in total. The third kappa shape index (κ3) is 3.93. The lowest BCUT2D eigenvalue weighted by molar-refractivity contribution is -0.148. The van der Waals surface area contributed by atoms with E-state index in [0.717, 1.165) is 19.4 Å². The van der Waals surface area contributed by atoms with Crippen LogP contribution in [0.5, 0.6) is 0 Å². The van der Waals surface area contributed by atoms with Crippen molar-refractivity contribution in [2.24, 2.45) is 0 Å². The van der Waals surface area contributed by atoms with E-state index < -0.39 is 0 Å². The predicted molar refractivity (Wildman–Crippen MR) is 74.1 cm³/mol. The molecule has 0 aromatic carbocycles. The Morgan fingerprint density at radius 3 is 2.79 bits per heavy atom. The highest BCUT2D eigenvalue weighted by molar-refractivity contribution is 5.71. The second-order valence-electron chi connectivity index (χ2n) is 5.96. The van der Waals surface area contributed by atoms with Gasteiger partial charge in [-0.1, -0.05) is 19.3 Å². The normalized spacial score (nSPS) is 26.6. The molecule has 0 radical (unpaired) electrons. The zero-order valence-electron chi connectivity index (χ0n) is 12.3. The molecule has 2 aliphatic rings. The molecule has 0 N–H and O–H groups in total. The first-order valence-electron chi connectivity index (χ1n) is 7.65. The first-order chi connectivity index (χ1) is 9.15. The summed E-state index contributed by atoms with van der Waals surface area (Å²) in [6, 6.07) is 0.455. The Kier molecular flexibility index (Phi) is 5.22. The number of hydrogen-bond donors (Lipinski definition) is 0. The zero-order valence-corrected chi connectivity index (χ0v) is 12.3. The van der Waals surface area contributed by atoms with E-state index in [0.29, 0.717) is 19.2 Å². The van der Waals surface area contributed by atoms with E-state index in [4.69, 9.17) is 9.47 Å². The molecule has 0 amide bonds. The molecule has 1 saturated carbocycles. The van der Waals surface area contributed by atoms with E-state index in [1.165, 1.54) is 32.1 Å². The topological polar surface area (TPSA) is 38.8 Å². The number of hydrogen-bond acceptors (Lipinski definition) is 4. The number of carbonyl (C=O) groups is 1. The third-order valence-electron chi connectivity index (χ3n) is 4.54. The number of carbonyl (C=O) groups excluding carboxylic acids is 1. The van der Waals surface area contributed by atoms with Crippen LogP contribution in [-0.4, -0.2) is 49.3 Å². The molecule has 110 valence electrons. The van der Waals surface area contributed by atoms with Crippen LogP contribution in [0.2, 0.25) is 0 Å². The van der Waals surface area contributed by atoms with Crippen molar-refractivity contribution in [2.45, 2.75) is 63.5 Å². The van der Waals surface area contributed by atoms with Crippen LogP contribution in [0.3, 0.4) is 0 Å². The first-order valence-corrected chi connectivity index (χ1v) is 7.65. The minimum Gasteiger partial charge on any atom is -0.465 e. The summed E-state index contributed by atoms with van der Waals surface area (Å²) in [5.74, 6) is -0.116. The highest BCUT2D eigenvalue weighted by atomic mass is 16.5.